The quantitative estimate of drug-likeness (QED) is 0.366. The molecular formula is C25H18ClNO. The maximum absolute atomic E-state index is 6.27. The van der Waals surface area contributed by atoms with Crippen LogP contribution in [0.15, 0.2) is 71.1 Å². The lowest BCUT2D eigenvalue weighted by Crippen LogP contribution is -2.30. The van der Waals surface area contributed by atoms with Gasteiger partial charge in [-0.1, -0.05) is 54.9 Å². The van der Waals surface area contributed by atoms with E-state index in [9.17, 15) is 0 Å². The van der Waals surface area contributed by atoms with E-state index >= 15 is 0 Å². The van der Waals surface area contributed by atoms with Gasteiger partial charge in [0.25, 0.3) is 0 Å². The summed E-state index contributed by atoms with van der Waals surface area (Å²) in [5.41, 5.74) is 4.36. The molecule has 0 saturated heterocycles. The SMILES string of the molecule is CC1C=c2oc3ccc(Cl)cc3c2=CC1n1c2ccccc2c2ccccc21. The molecule has 0 amide bonds. The lowest BCUT2D eigenvalue weighted by atomic mass is 9.95. The minimum absolute atomic E-state index is 0.206. The van der Waals surface area contributed by atoms with Gasteiger partial charge in [-0.15, -0.1) is 0 Å². The number of aromatic nitrogens is 1. The highest BCUT2D eigenvalue weighted by molar-refractivity contribution is 6.31. The Morgan fingerprint density at radius 1 is 0.821 bits per heavy atom. The van der Waals surface area contributed by atoms with Crippen molar-refractivity contribution in [2.75, 3.05) is 0 Å². The Kier molecular flexibility index (Phi) is 3.30. The minimum Gasteiger partial charge on any atom is -0.456 e. The Bertz CT molecular complexity index is 1450. The van der Waals surface area contributed by atoms with Gasteiger partial charge in [-0.25, -0.2) is 0 Å². The van der Waals surface area contributed by atoms with Crippen molar-refractivity contribution in [1.29, 1.82) is 0 Å². The molecule has 1 aliphatic rings. The smallest absolute Gasteiger partial charge is 0.135 e. The Balaban J connectivity index is 1.71. The molecule has 2 nitrogen and oxygen atoms in total. The van der Waals surface area contributed by atoms with Crippen molar-refractivity contribution in [1.82, 2.24) is 4.57 Å². The average molecular weight is 384 g/mol. The van der Waals surface area contributed by atoms with Gasteiger partial charge in [-0.05, 0) is 42.5 Å². The average Bonchev–Trinajstić information content (AvgIpc) is 3.22. The lowest BCUT2D eigenvalue weighted by Gasteiger charge is -2.24. The Morgan fingerprint density at radius 3 is 2.21 bits per heavy atom. The first-order valence-corrected chi connectivity index (χ1v) is 9.98. The van der Waals surface area contributed by atoms with Crippen LogP contribution in [0, 0.1) is 5.92 Å². The molecule has 0 bridgehead atoms. The summed E-state index contributed by atoms with van der Waals surface area (Å²) < 4.78 is 8.57. The molecule has 28 heavy (non-hydrogen) atoms. The fourth-order valence-corrected chi connectivity index (χ4v) is 4.82. The minimum atomic E-state index is 0.206. The molecule has 0 radical (unpaired) electrons. The maximum atomic E-state index is 6.27. The molecule has 1 aliphatic carbocycles. The second kappa shape index (κ2) is 5.76. The predicted molar refractivity (Wildman–Crippen MR) is 117 cm³/mol. The molecule has 2 aromatic heterocycles. The van der Waals surface area contributed by atoms with Crippen LogP contribution in [0.4, 0.5) is 0 Å². The first-order valence-electron chi connectivity index (χ1n) is 9.60. The van der Waals surface area contributed by atoms with Crippen molar-refractivity contribution < 1.29 is 4.42 Å². The fraction of sp³-hybridized carbons (Fsp3) is 0.120. The Labute approximate surface area is 166 Å². The van der Waals surface area contributed by atoms with Crippen LogP contribution in [-0.4, -0.2) is 4.57 Å². The normalized spacial score (nSPS) is 18.9. The van der Waals surface area contributed by atoms with Gasteiger partial charge in [0.1, 0.15) is 11.0 Å². The number of nitrogens with zero attached hydrogens (tertiary/aromatic N) is 1. The molecule has 2 atom stereocenters. The molecule has 0 N–H and O–H groups in total. The van der Waals surface area contributed by atoms with Gasteiger partial charge in [0.05, 0.1) is 6.04 Å². The Morgan fingerprint density at radius 2 is 1.50 bits per heavy atom. The second-order valence-electron chi connectivity index (χ2n) is 7.61. The molecule has 6 rings (SSSR count). The monoisotopic (exact) mass is 383 g/mol. The van der Waals surface area contributed by atoms with E-state index in [0.29, 0.717) is 5.92 Å². The van der Waals surface area contributed by atoms with Crippen LogP contribution in [-0.2, 0) is 0 Å². The maximum Gasteiger partial charge on any atom is 0.135 e. The third-order valence-corrected chi connectivity index (χ3v) is 6.16. The highest BCUT2D eigenvalue weighted by Gasteiger charge is 2.24. The van der Waals surface area contributed by atoms with E-state index in [1.165, 1.54) is 21.8 Å². The van der Waals surface area contributed by atoms with Crippen LogP contribution >= 0.6 is 11.6 Å². The van der Waals surface area contributed by atoms with E-state index in [1.807, 2.05) is 18.2 Å². The summed E-state index contributed by atoms with van der Waals surface area (Å²) in [6.07, 6.45) is 4.60. The van der Waals surface area contributed by atoms with E-state index in [1.54, 1.807) is 0 Å². The van der Waals surface area contributed by atoms with Crippen molar-refractivity contribution in [3.8, 4) is 0 Å². The summed E-state index contributed by atoms with van der Waals surface area (Å²) in [4.78, 5) is 0. The van der Waals surface area contributed by atoms with Crippen LogP contribution in [0.2, 0.25) is 5.02 Å². The van der Waals surface area contributed by atoms with Crippen molar-refractivity contribution >= 4 is 56.5 Å². The second-order valence-corrected chi connectivity index (χ2v) is 8.04. The highest BCUT2D eigenvalue weighted by atomic mass is 35.5. The van der Waals surface area contributed by atoms with Crippen molar-refractivity contribution in [3.63, 3.8) is 0 Å². The summed E-state index contributed by atoms with van der Waals surface area (Å²) in [6, 6.07) is 23.4. The van der Waals surface area contributed by atoms with Gasteiger partial charge in [-0.3, -0.25) is 0 Å². The zero-order valence-electron chi connectivity index (χ0n) is 15.4. The summed E-state index contributed by atoms with van der Waals surface area (Å²) in [5, 5.41) is 5.55. The van der Waals surface area contributed by atoms with E-state index in [-0.39, 0.29) is 6.04 Å². The first-order chi connectivity index (χ1) is 13.7. The number of rotatable bonds is 1. The molecule has 2 heterocycles. The van der Waals surface area contributed by atoms with Crippen molar-refractivity contribution in [3.05, 3.63) is 82.4 Å². The summed E-state index contributed by atoms with van der Waals surface area (Å²) >= 11 is 6.27. The largest absolute Gasteiger partial charge is 0.456 e. The van der Waals surface area contributed by atoms with Crippen LogP contribution in [0.5, 0.6) is 0 Å². The molecule has 2 unspecified atom stereocenters. The number of para-hydroxylation sites is 2. The molecule has 5 aromatic rings. The zero-order valence-corrected chi connectivity index (χ0v) is 16.1. The van der Waals surface area contributed by atoms with Gasteiger partial charge >= 0.3 is 0 Å². The number of hydrogen-bond acceptors (Lipinski definition) is 1. The van der Waals surface area contributed by atoms with Gasteiger partial charge in [0.15, 0.2) is 0 Å². The van der Waals surface area contributed by atoms with Gasteiger partial charge < -0.3 is 8.98 Å². The molecule has 0 aliphatic heterocycles. The fourth-order valence-electron chi connectivity index (χ4n) is 4.65. The molecule has 0 spiro atoms. The number of furan rings is 1. The standard InChI is InChI=1S/C25H18ClNO/c1-15-12-25-20(19-13-16(26)10-11-24(19)28-25)14-23(15)27-21-8-4-2-6-17(21)18-7-3-5-9-22(18)27/h2-15,23H,1H3. The van der Waals surface area contributed by atoms with Crippen LogP contribution in [0.25, 0.3) is 44.9 Å². The van der Waals surface area contributed by atoms with Gasteiger partial charge in [0.2, 0.25) is 0 Å². The van der Waals surface area contributed by atoms with Gasteiger partial charge in [-0.2, -0.15) is 0 Å². The third kappa shape index (κ3) is 2.15. The van der Waals surface area contributed by atoms with E-state index in [2.05, 4.69) is 72.2 Å². The number of fused-ring (bicyclic) bond motifs is 6. The third-order valence-electron chi connectivity index (χ3n) is 5.92. The molecule has 3 aromatic carbocycles. The van der Waals surface area contributed by atoms with Crippen LogP contribution in [0.1, 0.15) is 13.0 Å². The molecule has 0 saturated carbocycles. The number of benzene rings is 3. The van der Waals surface area contributed by atoms with Gasteiger partial charge in [0, 0.05) is 43.4 Å². The number of halogens is 1. The zero-order chi connectivity index (χ0) is 18.8. The van der Waals surface area contributed by atoms with Crippen LogP contribution < -0.4 is 10.6 Å². The highest BCUT2D eigenvalue weighted by Crippen LogP contribution is 2.36. The molecule has 136 valence electrons. The van der Waals surface area contributed by atoms with E-state index in [0.717, 1.165) is 26.6 Å². The summed E-state index contributed by atoms with van der Waals surface area (Å²) in [6.45, 7) is 2.26. The van der Waals surface area contributed by atoms with Crippen molar-refractivity contribution in [2.45, 2.75) is 13.0 Å². The topological polar surface area (TPSA) is 18.1 Å². The Hall–Kier alpha value is -2.97. The molecule has 0 fully saturated rings. The first kappa shape index (κ1) is 16.0. The van der Waals surface area contributed by atoms with E-state index < -0.39 is 0 Å². The molecular weight excluding hydrogens is 366 g/mol. The lowest BCUT2D eigenvalue weighted by molar-refractivity contribution is 0.523. The number of hydrogen-bond donors (Lipinski definition) is 0. The van der Waals surface area contributed by atoms with Crippen molar-refractivity contribution in [2.24, 2.45) is 5.92 Å². The molecule has 3 heteroatoms. The predicted octanol–water partition coefficient (Wildman–Crippen LogP) is 5.65. The summed E-state index contributed by atoms with van der Waals surface area (Å²) in [5.74, 6) is 0.308. The van der Waals surface area contributed by atoms with Crippen LogP contribution in [0.3, 0.4) is 0 Å². The summed E-state index contributed by atoms with van der Waals surface area (Å²) in [7, 11) is 0. The van der Waals surface area contributed by atoms with E-state index in [4.69, 9.17) is 16.0 Å².